The maximum atomic E-state index is 10.2. The van der Waals surface area contributed by atoms with Crippen molar-refractivity contribution >= 4 is 0 Å². The molecule has 13 heavy (non-hydrogen) atoms. The van der Waals surface area contributed by atoms with Gasteiger partial charge in [-0.15, -0.1) is 0 Å². The van der Waals surface area contributed by atoms with Crippen LogP contribution in [-0.4, -0.2) is 46.5 Å². The summed E-state index contributed by atoms with van der Waals surface area (Å²) >= 11 is 0. The summed E-state index contributed by atoms with van der Waals surface area (Å²) in [5.74, 6) is 0.548. The SMILES string of the molecule is CC(O)CN1CCC(O)(C2CC2)C1. The number of hydrogen-bond acceptors (Lipinski definition) is 3. The van der Waals surface area contributed by atoms with Crippen molar-refractivity contribution < 1.29 is 10.2 Å². The van der Waals surface area contributed by atoms with Crippen molar-refractivity contribution in [1.82, 2.24) is 4.90 Å². The van der Waals surface area contributed by atoms with E-state index in [0.717, 1.165) is 19.5 Å². The first-order valence-electron chi connectivity index (χ1n) is 5.23. The lowest BCUT2D eigenvalue weighted by Crippen LogP contribution is -2.37. The second kappa shape index (κ2) is 3.23. The van der Waals surface area contributed by atoms with E-state index in [2.05, 4.69) is 4.90 Å². The van der Waals surface area contributed by atoms with Crippen LogP contribution in [0.4, 0.5) is 0 Å². The molecule has 0 aromatic carbocycles. The number of likely N-dealkylation sites (tertiary alicyclic amines) is 1. The van der Waals surface area contributed by atoms with Crippen molar-refractivity contribution in [2.45, 2.75) is 37.9 Å². The van der Waals surface area contributed by atoms with Crippen LogP contribution < -0.4 is 0 Å². The van der Waals surface area contributed by atoms with Gasteiger partial charge in [0.2, 0.25) is 0 Å². The monoisotopic (exact) mass is 185 g/mol. The lowest BCUT2D eigenvalue weighted by atomic mass is 9.97. The summed E-state index contributed by atoms with van der Waals surface area (Å²) in [5, 5.41) is 19.4. The molecule has 3 heteroatoms. The smallest absolute Gasteiger partial charge is 0.0814 e. The molecule has 2 atom stereocenters. The third kappa shape index (κ3) is 2.03. The minimum Gasteiger partial charge on any atom is -0.392 e. The first-order valence-corrected chi connectivity index (χ1v) is 5.23. The van der Waals surface area contributed by atoms with Gasteiger partial charge in [0.1, 0.15) is 0 Å². The fraction of sp³-hybridized carbons (Fsp3) is 1.00. The van der Waals surface area contributed by atoms with Crippen molar-refractivity contribution in [2.75, 3.05) is 19.6 Å². The van der Waals surface area contributed by atoms with Gasteiger partial charge in [-0.1, -0.05) is 0 Å². The lowest BCUT2D eigenvalue weighted by molar-refractivity contribution is 0.0226. The number of rotatable bonds is 3. The normalized spacial score (nSPS) is 38.1. The zero-order valence-electron chi connectivity index (χ0n) is 8.24. The van der Waals surface area contributed by atoms with Gasteiger partial charge in [0, 0.05) is 19.6 Å². The molecular formula is C10H19NO2. The zero-order valence-corrected chi connectivity index (χ0v) is 8.24. The van der Waals surface area contributed by atoms with Crippen molar-refractivity contribution in [2.24, 2.45) is 5.92 Å². The quantitative estimate of drug-likeness (QED) is 0.661. The third-order valence-corrected chi connectivity index (χ3v) is 3.22. The molecule has 2 aliphatic rings. The summed E-state index contributed by atoms with van der Waals surface area (Å²) in [6, 6.07) is 0. The number of β-amino-alcohol motifs (C(OH)–C–C–N with tert-alkyl or cyclic N) is 2. The zero-order chi connectivity index (χ0) is 9.47. The second-order valence-electron chi connectivity index (χ2n) is 4.71. The fourth-order valence-corrected chi connectivity index (χ4v) is 2.38. The Morgan fingerprint density at radius 2 is 2.23 bits per heavy atom. The molecule has 0 aromatic heterocycles. The Bertz CT molecular complexity index is 191. The fourth-order valence-electron chi connectivity index (χ4n) is 2.38. The molecule has 0 radical (unpaired) electrons. The van der Waals surface area contributed by atoms with Gasteiger partial charge >= 0.3 is 0 Å². The van der Waals surface area contributed by atoms with Gasteiger partial charge in [0.15, 0.2) is 0 Å². The largest absolute Gasteiger partial charge is 0.392 e. The molecule has 1 heterocycles. The van der Waals surface area contributed by atoms with E-state index in [1.165, 1.54) is 12.8 Å². The Kier molecular flexibility index (Phi) is 2.34. The molecular weight excluding hydrogens is 166 g/mol. The van der Waals surface area contributed by atoms with Gasteiger partial charge < -0.3 is 10.2 Å². The summed E-state index contributed by atoms with van der Waals surface area (Å²) < 4.78 is 0. The molecule has 0 aromatic rings. The molecule has 2 rings (SSSR count). The van der Waals surface area contributed by atoms with Crippen molar-refractivity contribution in [3.63, 3.8) is 0 Å². The van der Waals surface area contributed by atoms with E-state index in [9.17, 15) is 10.2 Å². The van der Waals surface area contributed by atoms with Gasteiger partial charge in [0.05, 0.1) is 11.7 Å². The predicted octanol–water partition coefficient (Wildman–Crippen LogP) is 0.214. The minimum atomic E-state index is -0.422. The van der Waals surface area contributed by atoms with E-state index in [4.69, 9.17) is 0 Å². The van der Waals surface area contributed by atoms with Crippen molar-refractivity contribution in [1.29, 1.82) is 0 Å². The van der Waals surface area contributed by atoms with Crippen LogP contribution in [0.3, 0.4) is 0 Å². The van der Waals surface area contributed by atoms with Crippen molar-refractivity contribution in [3.8, 4) is 0 Å². The number of hydrogen-bond donors (Lipinski definition) is 2. The van der Waals surface area contributed by atoms with Gasteiger partial charge in [0.25, 0.3) is 0 Å². The molecule has 1 aliphatic heterocycles. The van der Waals surface area contributed by atoms with E-state index in [-0.39, 0.29) is 6.10 Å². The highest BCUT2D eigenvalue weighted by molar-refractivity contribution is 5.00. The second-order valence-corrected chi connectivity index (χ2v) is 4.71. The topological polar surface area (TPSA) is 43.7 Å². The van der Waals surface area contributed by atoms with E-state index in [0.29, 0.717) is 12.5 Å². The van der Waals surface area contributed by atoms with Crippen LogP contribution in [0, 0.1) is 5.92 Å². The molecule has 1 saturated heterocycles. The van der Waals surface area contributed by atoms with Crippen molar-refractivity contribution in [3.05, 3.63) is 0 Å². The highest BCUT2D eigenvalue weighted by Crippen LogP contribution is 2.44. The standard InChI is InChI=1S/C10H19NO2/c1-8(12)6-11-5-4-10(13,7-11)9-2-3-9/h8-9,12-13H,2-7H2,1H3. The number of aliphatic hydroxyl groups is 2. The van der Waals surface area contributed by atoms with Crippen LogP contribution in [0.5, 0.6) is 0 Å². The first kappa shape index (κ1) is 9.44. The molecule has 1 saturated carbocycles. The van der Waals surface area contributed by atoms with Crippen LogP contribution >= 0.6 is 0 Å². The van der Waals surface area contributed by atoms with Crippen LogP contribution in [0.1, 0.15) is 26.2 Å². The van der Waals surface area contributed by atoms with Crippen LogP contribution in [0.2, 0.25) is 0 Å². The highest BCUT2D eigenvalue weighted by Gasteiger charge is 2.47. The maximum absolute atomic E-state index is 10.2. The number of nitrogens with zero attached hydrogens (tertiary/aromatic N) is 1. The molecule has 0 bridgehead atoms. The van der Waals surface area contributed by atoms with Crippen LogP contribution in [0.25, 0.3) is 0 Å². The van der Waals surface area contributed by atoms with E-state index in [1.54, 1.807) is 6.92 Å². The molecule has 2 N–H and O–H groups in total. The summed E-state index contributed by atoms with van der Waals surface area (Å²) in [7, 11) is 0. The first-order chi connectivity index (χ1) is 6.10. The molecule has 3 nitrogen and oxygen atoms in total. The Morgan fingerprint density at radius 1 is 1.54 bits per heavy atom. The van der Waals surface area contributed by atoms with Crippen LogP contribution in [-0.2, 0) is 0 Å². The lowest BCUT2D eigenvalue weighted by Gasteiger charge is -2.23. The van der Waals surface area contributed by atoms with Crippen LogP contribution in [0.15, 0.2) is 0 Å². The molecule has 2 unspecified atom stereocenters. The molecule has 2 fully saturated rings. The maximum Gasteiger partial charge on any atom is 0.0814 e. The van der Waals surface area contributed by atoms with E-state index in [1.807, 2.05) is 0 Å². The molecule has 1 aliphatic carbocycles. The average molecular weight is 185 g/mol. The summed E-state index contributed by atoms with van der Waals surface area (Å²) in [5.41, 5.74) is -0.422. The molecule has 76 valence electrons. The highest BCUT2D eigenvalue weighted by atomic mass is 16.3. The minimum absolute atomic E-state index is 0.276. The van der Waals surface area contributed by atoms with E-state index < -0.39 is 5.60 Å². The van der Waals surface area contributed by atoms with Gasteiger partial charge in [-0.2, -0.15) is 0 Å². The van der Waals surface area contributed by atoms with E-state index >= 15 is 0 Å². The third-order valence-electron chi connectivity index (χ3n) is 3.22. The van der Waals surface area contributed by atoms with Gasteiger partial charge in [-0.25, -0.2) is 0 Å². The molecule has 0 spiro atoms. The predicted molar refractivity (Wildman–Crippen MR) is 50.4 cm³/mol. The number of aliphatic hydroxyl groups excluding tert-OH is 1. The Hall–Kier alpha value is -0.120. The van der Waals surface area contributed by atoms with Gasteiger partial charge in [-0.05, 0) is 32.1 Å². The van der Waals surface area contributed by atoms with Gasteiger partial charge in [-0.3, -0.25) is 4.90 Å². The molecule has 0 amide bonds. The Balaban J connectivity index is 1.85. The summed E-state index contributed by atoms with van der Waals surface area (Å²) in [6.07, 6.45) is 3.00. The Morgan fingerprint density at radius 3 is 2.77 bits per heavy atom. The Labute approximate surface area is 79.4 Å². The summed E-state index contributed by atoms with van der Waals surface area (Å²) in [6.45, 7) is 4.21. The average Bonchev–Trinajstić information content (AvgIpc) is 2.78. The summed E-state index contributed by atoms with van der Waals surface area (Å²) in [4.78, 5) is 2.17.